The number of para-hydroxylation sites is 8. The van der Waals surface area contributed by atoms with Crippen molar-refractivity contribution in [1.29, 1.82) is 0 Å². The van der Waals surface area contributed by atoms with Gasteiger partial charge in [0.2, 0.25) is 0 Å². The van der Waals surface area contributed by atoms with E-state index < -0.39 is 0 Å². The van der Waals surface area contributed by atoms with Gasteiger partial charge in [-0.3, -0.25) is 0 Å². The lowest BCUT2D eigenvalue weighted by Crippen LogP contribution is -1.98. The molecule has 0 aliphatic rings. The fourth-order valence-corrected chi connectivity index (χ4v) is 21.0. The molecule has 125 heavy (non-hydrogen) atoms. The zero-order chi connectivity index (χ0) is 83.5. The van der Waals surface area contributed by atoms with Crippen LogP contribution in [-0.2, 0) is 0 Å². The molecular formula is C119H84N4OS. The van der Waals surface area contributed by atoms with Gasteiger partial charge in [-0.15, -0.1) is 11.3 Å². The third kappa shape index (κ3) is 12.6. The summed E-state index contributed by atoms with van der Waals surface area (Å²) in [6.45, 7) is 11.0. The average Bonchev–Trinajstić information content (AvgIpc) is 1.59. The Bertz CT molecular complexity index is 8520. The number of thiophene rings is 1. The van der Waals surface area contributed by atoms with E-state index in [1.54, 1.807) is 0 Å². The molecule has 6 heterocycles. The summed E-state index contributed by atoms with van der Waals surface area (Å²) in [6, 6.07) is 152. The van der Waals surface area contributed by atoms with Crippen molar-refractivity contribution in [2.75, 3.05) is 0 Å². The van der Waals surface area contributed by atoms with Crippen LogP contribution in [0.5, 0.6) is 0 Å². The Balaban J connectivity index is 0.000000108. The molecule has 25 aromatic rings. The zero-order valence-electron chi connectivity index (χ0n) is 69.9. The van der Waals surface area contributed by atoms with Gasteiger partial charge in [-0.2, -0.15) is 0 Å². The number of benzene rings is 19. The number of hydrogen-bond donors (Lipinski definition) is 0. The third-order valence-corrected chi connectivity index (χ3v) is 26.9. The van der Waals surface area contributed by atoms with Crippen LogP contribution in [0.2, 0.25) is 0 Å². The Morgan fingerprint density at radius 2 is 0.600 bits per heavy atom. The molecule has 0 bridgehead atoms. The number of rotatable bonds is 10. The number of aromatic nitrogens is 4. The predicted octanol–water partition coefficient (Wildman–Crippen LogP) is 33.3. The summed E-state index contributed by atoms with van der Waals surface area (Å²) in [4.78, 5) is 0. The van der Waals surface area contributed by atoms with E-state index in [1.165, 1.54) is 219 Å². The molecule has 0 radical (unpaired) electrons. The topological polar surface area (TPSA) is 32.9 Å². The number of fused-ring (bicyclic) bond motifs is 18. The third-order valence-electron chi connectivity index (χ3n) is 25.8. The normalized spacial score (nSPS) is 11.7. The van der Waals surface area contributed by atoms with Crippen molar-refractivity contribution in [3.05, 3.63) is 446 Å². The van der Waals surface area contributed by atoms with E-state index in [0.717, 1.165) is 27.5 Å². The van der Waals surface area contributed by atoms with Crippen LogP contribution in [0.25, 0.3) is 219 Å². The predicted molar refractivity (Wildman–Crippen MR) is 533 cm³/mol. The van der Waals surface area contributed by atoms with Gasteiger partial charge in [-0.25, -0.2) is 0 Å². The molecule has 19 aromatic carbocycles. The van der Waals surface area contributed by atoms with E-state index in [1.807, 2.05) is 23.5 Å². The first kappa shape index (κ1) is 74.5. The molecule has 5 nitrogen and oxygen atoms in total. The summed E-state index contributed by atoms with van der Waals surface area (Å²) in [6.07, 6.45) is 0. The Kier molecular flexibility index (Phi) is 18.2. The minimum absolute atomic E-state index is 0.921. The summed E-state index contributed by atoms with van der Waals surface area (Å²) >= 11 is 1.87. The lowest BCUT2D eigenvalue weighted by Gasteiger charge is -2.15. The molecule has 0 N–H and O–H groups in total. The number of nitrogens with zero attached hydrogens (tertiary/aromatic N) is 4. The standard InChI is InChI=1S/C43H30N2.C38H27NO.C38H27NS/c1-29-13-11-20-36-35-17-6-9-22-39(35)45(43(29)36)38-21-8-5-16-33(38)30-25-27-31(28-26-30)34-19-12-24-41-42(34)37-18-7-10-23-40(37)44(41)32-14-3-2-4-15-32;1-24-9-7-14-33-37(24)38-25(2)10-8-15-34(38)39(33)32-13-5-3-11-29(32)27-19-17-26(18-20-27)28-21-22-31-30-12-4-6-16-35(30)40-36(31)23-28;1-24-14-20-34-32(22-24)38-25(2)8-7-12-35(38)39(34)33-11-5-3-9-29(33)27-17-15-26(16-18-27)28-19-21-37-31(23-28)30-10-4-6-13-36(30)40-37/h2-28H,1H3;2*3-23H,1-2H3. The molecule has 592 valence electrons. The van der Waals surface area contributed by atoms with E-state index in [2.05, 4.69) is 459 Å². The van der Waals surface area contributed by atoms with Gasteiger partial charge in [-0.05, 0) is 222 Å². The van der Waals surface area contributed by atoms with E-state index in [4.69, 9.17) is 4.42 Å². The number of hydrogen-bond acceptors (Lipinski definition) is 2. The van der Waals surface area contributed by atoms with Crippen LogP contribution in [0.3, 0.4) is 0 Å². The van der Waals surface area contributed by atoms with E-state index in [9.17, 15) is 0 Å². The monoisotopic (exact) mass is 1620 g/mol. The van der Waals surface area contributed by atoms with Gasteiger partial charge in [0.1, 0.15) is 11.2 Å². The summed E-state index contributed by atoms with van der Waals surface area (Å²) in [7, 11) is 0. The molecule has 0 atom stereocenters. The number of aryl methyl sites for hydroxylation is 5. The van der Waals surface area contributed by atoms with Crippen molar-refractivity contribution in [2.45, 2.75) is 34.6 Å². The Hall–Kier alpha value is -15.6. The van der Waals surface area contributed by atoms with Gasteiger partial charge in [0.05, 0.1) is 61.2 Å². The Morgan fingerprint density at radius 3 is 1.23 bits per heavy atom. The first-order chi connectivity index (χ1) is 61.6. The first-order valence-corrected chi connectivity index (χ1v) is 43.9. The second-order valence-corrected chi connectivity index (χ2v) is 34.3. The first-order valence-electron chi connectivity index (χ1n) is 43.1. The van der Waals surface area contributed by atoms with Crippen molar-refractivity contribution in [1.82, 2.24) is 18.3 Å². The highest BCUT2D eigenvalue weighted by atomic mass is 32.1. The summed E-state index contributed by atoms with van der Waals surface area (Å²) in [5.74, 6) is 0. The maximum atomic E-state index is 6.15. The van der Waals surface area contributed by atoms with Crippen molar-refractivity contribution in [3.8, 4) is 89.5 Å². The molecule has 6 aromatic heterocycles. The molecule has 0 saturated heterocycles. The van der Waals surface area contributed by atoms with Crippen molar-refractivity contribution in [3.63, 3.8) is 0 Å². The molecule has 0 aliphatic heterocycles. The van der Waals surface area contributed by atoms with Gasteiger partial charge in [0, 0.05) is 96.4 Å². The molecular weight excluding hydrogens is 1530 g/mol. The zero-order valence-corrected chi connectivity index (χ0v) is 70.8. The van der Waals surface area contributed by atoms with Crippen molar-refractivity contribution in [2.24, 2.45) is 0 Å². The van der Waals surface area contributed by atoms with Crippen LogP contribution in [-0.4, -0.2) is 18.3 Å². The van der Waals surface area contributed by atoms with Gasteiger partial charge in [0.25, 0.3) is 0 Å². The van der Waals surface area contributed by atoms with Crippen molar-refractivity contribution < 1.29 is 4.42 Å². The van der Waals surface area contributed by atoms with Crippen LogP contribution in [0.4, 0.5) is 0 Å². The van der Waals surface area contributed by atoms with E-state index in [0.29, 0.717) is 0 Å². The quantitative estimate of drug-likeness (QED) is 0.134. The molecule has 0 spiro atoms. The van der Waals surface area contributed by atoms with Crippen LogP contribution < -0.4 is 0 Å². The molecule has 0 aliphatic carbocycles. The van der Waals surface area contributed by atoms with Gasteiger partial charge >= 0.3 is 0 Å². The lowest BCUT2D eigenvalue weighted by molar-refractivity contribution is 0.669. The fraction of sp³-hybridized carbons (Fsp3) is 0.0420. The maximum Gasteiger partial charge on any atom is 0.136 e. The van der Waals surface area contributed by atoms with Gasteiger partial charge in [0.15, 0.2) is 0 Å². The molecule has 0 amide bonds. The van der Waals surface area contributed by atoms with Crippen LogP contribution >= 0.6 is 11.3 Å². The highest BCUT2D eigenvalue weighted by Crippen LogP contribution is 2.46. The van der Waals surface area contributed by atoms with Crippen LogP contribution in [0.1, 0.15) is 27.8 Å². The van der Waals surface area contributed by atoms with Crippen LogP contribution in [0.15, 0.2) is 423 Å². The van der Waals surface area contributed by atoms with Gasteiger partial charge in [-0.1, -0.05) is 309 Å². The smallest absolute Gasteiger partial charge is 0.136 e. The summed E-state index contributed by atoms with van der Waals surface area (Å²) in [5.41, 5.74) is 37.6. The molecule has 25 rings (SSSR count). The Labute approximate surface area is 728 Å². The second kappa shape index (κ2) is 30.5. The summed E-state index contributed by atoms with van der Waals surface area (Å²) in [5, 5.41) is 15.4. The average molecular weight is 1620 g/mol. The largest absolute Gasteiger partial charge is 0.456 e. The number of furan rings is 1. The van der Waals surface area contributed by atoms with E-state index >= 15 is 0 Å². The SMILES string of the molecule is Cc1ccc2c(c1)c1c(C)cccc1n2-c1ccccc1-c1ccc(-c2ccc3sc4ccccc4c3c2)cc1.Cc1cccc2c1c1c(C)cccc1n2-c1ccccc1-c1ccc(-c2ccc3c(c2)oc2ccccc23)cc1.Cc1cccc2c3ccccc3n(-c3ccccc3-c3ccc(-c4cccc5c4c4ccccc4n5-c4ccccc4)cc3)c12. The minimum atomic E-state index is 0.921. The minimum Gasteiger partial charge on any atom is -0.456 e. The maximum absolute atomic E-state index is 6.15. The molecule has 6 heteroatoms. The van der Waals surface area contributed by atoms with Crippen molar-refractivity contribution >= 4 is 141 Å². The highest BCUT2D eigenvalue weighted by Gasteiger charge is 2.24. The lowest BCUT2D eigenvalue weighted by atomic mass is 9.96. The highest BCUT2D eigenvalue weighted by molar-refractivity contribution is 7.25. The Morgan fingerprint density at radius 1 is 0.200 bits per heavy atom. The van der Waals surface area contributed by atoms with Crippen LogP contribution in [0, 0.1) is 34.6 Å². The second-order valence-electron chi connectivity index (χ2n) is 33.2. The van der Waals surface area contributed by atoms with E-state index in [-0.39, 0.29) is 0 Å². The summed E-state index contributed by atoms with van der Waals surface area (Å²) < 4.78 is 18.5. The molecule has 0 fully saturated rings. The van der Waals surface area contributed by atoms with Gasteiger partial charge < -0.3 is 22.7 Å². The molecule has 0 saturated carbocycles. The fourth-order valence-electron chi connectivity index (χ4n) is 20.0. The molecule has 0 unspecified atom stereocenters.